The number of aryl methyl sites for hydroxylation is 1. The summed E-state index contributed by atoms with van der Waals surface area (Å²) in [5.41, 5.74) is 1.73. The van der Waals surface area contributed by atoms with Crippen LogP contribution in [0.25, 0.3) is 0 Å². The van der Waals surface area contributed by atoms with Crippen LogP contribution in [0.5, 0.6) is 0 Å². The molecule has 1 rings (SSSR count). The number of carbonyl (C=O) groups excluding carboxylic acids is 1. The molecule has 0 radical (unpaired) electrons. The Labute approximate surface area is 111 Å². The van der Waals surface area contributed by atoms with E-state index in [9.17, 15) is 4.79 Å². The van der Waals surface area contributed by atoms with Crippen molar-refractivity contribution in [1.82, 2.24) is 0 Å². The maximum absolute atomic E-state index is 11.1. The number of carbonyl (C=O) groups is 1. The van der Waals surface area contributed by atoms with Gasteiger partial charge in [0.15, 0.2) is 9.76 Å². The normalized spacial score (nSPS) is 10.8. The molecular weight excluding hydrogens is 244 g/mol. The maximum Gasteiger partial charge on any atom is 0.333 e. The van der Waals surface area contributed by atoms with E-state index in [2.05, 4.69) is 25.6 Å². The Kier molecular flexibility index (Phi) is 6.39. The van der Waals surface area contributed by atoms with Crippen LogP contribution in [0.1, 0.15) is 18.9 Å². The molecule has 18 heavy (non-hydrogen) atoms. The summed E-state index contributed by atoms with van der Waals surface area (Å²) in [5, 5.41) is 1.33. The van der Waals surface area contributed by atoms with Crippen molar-refractivity contribution in [3.8, 4) is 0 Å². The zero-order valence-electron chi connectivity index (χ0n) is 11.1. The summed E-state index contributed by atoms with van der Waals surface area (Å²) in [6.07, 6.45) is 0.734. The maximum atomic E-state index is 11.1. The molecule has 1 aromatic rings. The van der Waals surface area contributed by atoms with Gasteiger partial charge in [-0.25, -0.2) is 4.79 Å². The third kappa shape index (κ3) is 5.29. The first-order valence-electron chi connectivity index (χ1n) is 6.06. The molecule has 0 heterocycles. The van der Waals surface area contributed by atoms with Gasteiger partial charge in [-0.05, 0) is 19.0 Å². The quantitative estimate of drug-likeness (QED) is 0.322. The lowest BCUT2D eigenvalue weighted by atomic mass is 10.2. The van der Waals surface area contributed by atoms with E-state index in [4.69, 9.17) is 9.16 Å². The third-order valence-corrected chi connectivity index (χ3v) is 4.13. The van der Waals surface area contributed by atoms with Crippen LogP contribution >= 0.6 is 0 Å². The second-order valence-corrected chi connectivity index (χ2v) is 5.71. The second-order valence-electron chi connectivity index (χ2n) is 4.25. The van der Waals surface area contributed by atoms with Crippen molar-refractivity contribution in [2.45, 2.75) is 20.3 Å². The molecule has 0 spiro atoms. The third-order valence-electron chi connectivity index (χ3n) is 2.53. The van der Waals surface area contributed by atoms with Gasteiger partial charge in [0.25, 0.3) is 0 Å². The summed E-state index contributed by atoms with van der Waals surface area (Å²) in [5.74, 6) is -0.328. The van der Waals surface area contributed by atoms with Crippen molar-refractivity contribution >= 4 is 20.9 Å². The van der Waals surface area contributed by atoms with E-state index in [1.807, 2.05) is 12.1 Å². The monoisotopic (exact) mass is 264 g/mol. The molecule has 0 atom stereocenters. The molecule has 0 bridgehead atoms. The number of hydrogen-bond acceptors (Lipinski definition) is 3. The lowest BCUT2D eigenvalue weighted by Gasteiger charge is -2.07. The van der Waals surface area contributed by atoms with E-state index in [1.165, 1.54) is 10.8 Å². The molecule has 4 heteroatoms. The lowest BCUT2D eigenvalue weighted by Crippen LogP contribution is -2.21. The Bertz CT molecular complexity index is 415. The first-order chi connectivity index (χ1) is 8.61. The molecule has 0 saturated heterocycles. The average molecular weight is 264 g/mol. The van der Waals surface area contributed by atoms with Gasteiger partial charge in [0, 0.05) is 18.6 Å². The van der Waals surface area contributed by atoms with Crippen molar-refractivity contribution in [2.24, 2.45) is 0 Å². The minimum absolute atomic E-state index is 0.328. The number of esters is 1. The fourth-order valence-corrected chi connectivity index (χ4v) is 2.55. The standard InChI is InChI=1S/C14H20O3Si/c1-11(2)14(15)16-9-6-10-17-18-13-8-5-4-7-12(13)3/h4-5,7-8H,1,6,9-10,18H2,2-3H3. The van der Waals surface area contributed by atoms with Crippen LogP contribution in [0.3, 0.4) is 0 Å². The van der Waals surface area contributed by atoms with Gasteiger partial charge in [-0.1, -0.05) is 36.4 Å². The molecule has 0 aliphatic carbocycles. The smallest absolute Gasteiger partial charge is 0.333 e. The first kappa shape index (κ1) is 14.7. The summed E-state index contributed by atoms with van der Waals surface area (Å²) < 4.78 is 10.6. The summed E-state index contributed by atoms with van der Waals surface area (Å²) in [6.45, 7) is 8.30. The molecule has 0 aliphatic heterocycles. The number of benzene rings is 1. The van der Waals surface area contributed by atoms with Gasteiger partial charge in [0.2, 0.25) is 0 Å². The van der Waals surface area contributed by atoms with Gasteiger partial charge in [0.05, 0.1) is 6.61 Å². The van der Waals surface area contributed by atoms with Crippen molar-refractivity contribution in [2.75, 3.05) is 13.2 Å². The number of hydrogen-bond donors (Lipinski definition) is 0. The van der Waals surface area contributed by atoms with Crippen LogP contribution in [-0.2, 0) is 14.0 Å². The van der Waals surface area contributed by atoms with Crippen molar-refractivity contribution < 1.29 is 14.0 Å². The zero-order chi connectivity index (χ0) is 13.4. The van der Waals surface area contributed by atoms with Gasteiger partial charge in [-0.2, -0.15) is 0 Å². The summed E-state index contributed by atoms with van der Waals surface area (Å²) in [6, 6.07) is 8.28. The molecule has 98 valence electrons. The molecule has 0 fully saturated rings. The first-order valence-corrected chi connectivity index (χ1v) is 7.34. The Balaban J connectivity index is 2.11. The summed E-state index contributed by atoms with van der Waals surface area (Å²) >= 11 is 0. The van der Waals surface area contributed by atoms with Gasteiger partial charge in [-0.15, -0.1) is 0 Å². The Morgan fingerprint density at radius 1 is 1.33 bits per heavy atom. The van der Waals surface area contributed by atoms with Gasteiger partial charge in [0.1, 0.15) is 0 Å². The van der Waals surface area contributed by atoms with Crippen LogP contribution in [-0.4, -0.2) is 28.9 Å². The molecule has 0 amide bonds. The van der Waals surface area contributed by atoms with E-state index in [0.29, 0.717) is 18.8 Å². The van der Waals surface area contributed by atoms with Gasteiger partial charge in [-0.3, -0.25) is 0 Å². The van der Waals surface area contributed by atoms with Crippen LogP contribution < -0.4 is 5.19 Å². The summed E-state index contributed by atoms with van der Waals surface area (Å²) in [4.78, 5) is 11.1. The highest BCUT2D eigenvalue weighted by atomic mass is 28.2. The zero-order valence-corrected chi connectivity index (χ0v) is 12.5. The SMILES string of the molecule is C=C(C)C(=O)OCCCO[SiH2]c1ccccc1C. The highest BCUT2D eigenvalue weighted by molar-refractivity contribution is 6.47. The van der Waals surface area contributed by atoms with Gasteiger partial charge >= 0.3 is 5.97 Å². The van der Waals surface area contributed by atoms with E-state index in [1.54, 1.807) is 6.92 Å². The van der Waals surface area contributed by atoms with Gasteiger partial charge < -0.3 is 9.16 Å². The Morgan fingerprint density at radius 2 is 2.06 bits per heavy atom. The molecule has 0 unspecified atom stereocenters. The van der Waals surface area contributed by atoms with Crippen LogP contribution in [0, 0.1) is 6.92 Å². The van der Waals surface area contributed by atoms with Crippen LogP contribution in [0.2, 0.25) is 0 Å². The van der Waals surface area contributed by atoms with E-state index in [0.717, 1.165) is 6.42 Å². The highest BCUT2D eigenvalue weighted by Gasteiger charge is 2.02. The molecule has 3 nitrogen and oxygen atoms in total. The van der Waals surface area contributed by atoms with Crippen molar-refractivity contribution in [1.29, 1.82) is 0 Å². The van der Waals surface area contributed by atoms with Crippen LogP contribution in [0.15, 0.2) is 36.4 Å². The van der Waals surface area contributed by atoms with Crippen molar-refractivity contribution in [3.05, 3.63) is 42.0 Å². The largest absolute Gasteiger partial charge is 0.462 e. The molecule has 1 aromatic carbocycles. The highest BCUT2D eigenvalue weighted by Crippen LogP contribution is 1.95. The second kappa shape index (κ2) is 7.84. The minimum atomic E-state index is -0.661. The predicted octanol–water partition coefficient (Wildman–Crippen LogP) is 1.23. The Hall–Kier alpha value is -1.39. The predicted molar refractivity (Wildman–Crippen MR) is 75.7 cm³/mol. The van der Waals surface area contributed by atoms with E-state index in [-0.39, 0.29) is 5.97 Å². The molecule has 0 aliphatic rings. The fraction of sp³-hybridized carbons (Fsp3) is 0.357. The molecule has 0 saturated carbocycles. The fourth-order valence-electron chi connectivity index (χ4n) is 1.40. The van der Waals surface area contributed by atoms with E-state index < -0.39 is 9.76 Å². The molecule has 0 N–H and O–H groups in total. The van der Waals surface area contributed by atoms with E-state index >= 15 is 0 Å². The number of ether oxygens (including phenoxy) is 1. The van der Waals surface area contributed by atoms with Crippen LogP contribution in [0.4, 0.5) is 0 Å². The lowest BCUT2D eigenvalue weighted by molar-refractivity contribution is -0.139. The Morgan fingerprint density at radius 3 is 2.72 bits per heavy atom. The summed E-state index contributed by atoms with van der Waals surface area (Å²) in [7, 11) is -0.661. The molecule has 0 aromatic heterocycles. The van der Waals surface area contributed by atoms with Crippen molar-refractivity contribution in [3.63, 3.8) is 0 Å². The minimum Gasteiger partial charge on any atom is -0.462 e. The topological polar surface area (TPSA) is 35.5 Å². The average Bonchev–Trinajstić information content (AvgIpc) is 2.35. The molecular formula is C14H20O3Si. The number of rotatable bonds is 7.